The van der Waals surface area contributed by atoms with Gasteiger partial charge in [-0.25, -0.2) is 0 Å². The first-order valence-electron chi connectivity index (χ1n) is 10.3. The molecule has 0 aliphatic rings. The van der Waals surface area contributed by atoms with Crippen molar-refractivity contribution in [3.63, 3.8) is 0 Å². The highest BCUT2D eigenvalue weighted by atomic mass is 127. The lowest BCUT2D eigenvalue weighted by Crippen LogP contribution is -2.39. The fraction of sp³-hybridized carbons (Fsp3) is 0.571. The summed E-state index contributed by atoms with van der Waals surface area (Å²) in [6.45, 7) is 9.00. The fourth-order valence-corrected chi connectivity index (χ4v) is 2.82. The molecule has 2 rings (SSSR count). The van der Waals surface area contributed by atoms with Crippen molar-refractivity contribution in [1.82, 2.24) is 25.4 Å². The SMILES string of the molecule is CCNC(=NCCCCOCCc1ccccc1)NCCn1cnnc1CC.I. The second kappa shape index (κ2) is 16.2. The Labute approximate surface area is 191 Å². The van der Waals surface area contributed by atoms with Crippen LogP contribution in [0.4, 0.5) is 0 Å². The lowest BCUT2D eigenvalue weighted by Gasteiger charge is -2.12. The van der Waals surface area contributed by atoms with Gasteiger partial charge in [-0.05, 0) is 31.7 Å². The van der Waals surface area contributed by atoms with Crippen LogP contribution in [0.5, 0.6) is 0 Å². The second-order valence-electron chi connectivity index (χ2n) is 6.54. The molecule has 29 heavy (non-hydrogen) atoms. The molecule has 7 nitrogen and oxygen atoms in total. The predicted molar refractivity (Wildman–Crippen MR) is 129 cm³/mol. The maximum absolute atomic E-state index is 5.73. The average molecular weight is 514 g/mol. The Morgan fingerprint density at radius 3 is 2.69 bits per heavy atom. The van der Waals surface area contributed by atoms with Crippen LogP contribution in [0.25, 0.3) is 0 Å². The smallest absolute Gasteiger partial charge is 0.191 e. The number of rotatable bonds is 13. The van der Waals surface area contributed by atoms with E-state index in [0.717, 1.165) is 76.9 Å². The quantitative estimate of drug-likeness (QED) is 0.186. The number of benzene rings is 1. The summed E-state index contributed by atoms with van der Waals surface area (Å²) in [5.41, 5.74) is 1.32. The lowest BCUT2D eigenvalue weighted by molar-refractivity contribution is 0.134. The fourth-order valence-electron chi connectivity index (χ4n) is 2.82. The highest BCUT2D eigenvalue weighted by Gasteiger charge is 2.02. The minimum atomic E-state index is 0. The molecule has 0 saturated heterocycles. The molecular weight excluding hydrogens is 479 g/mol. The Kier molecular flexibility index (Phi) is 14.1. The van der Waals surface area contributed by atoms with Gasteiger partial charge in [-0.15, -0.1) is 34.2 Å². The third-order valence-electron chi connectivity index (χ3n) is 4.35. The largest absolute Gasteiger partial charge is 0.381 e. The molecule has 0 aliphatic carbocycles. The van der Waals surface area contributed by atoms with Crippen LogP contribution in [0, 0.1) is 0 Å². The predicted octanol–water partition coefficient (Wildman–Crippen LogP) is 3.05. The van der Waals surface area contributed by atoms with E-state index in [1.807, 2.05) is 6.07 Å². The molecule has 0 bridgehead atoms. The molecule has 0 fully saturated rings. The van der Waals surface area contributed by atoms with E-state index in [1.54, 1.807) is 6.33 Å². The minimum Gasteiger partial charge on any atom is -0.381 e. The van der Waals surface area contributed by atoms with E-state index < -0.39 is 0 Å². The molecule has 162 valence electrons. The highest BCUT2D eigenvalue weighted by Crippen LogP contribution is 2.00. The summed E-state index contributed by atoms with van der Waals surface area (Å²) in [5.74, 6) is 1.87. The van der Waals surface area contributed by atoms with E-state index in [9.17, 15) is 0 Å². The Morgan fingerprint density at radius 2 is 1.93 bits per heavy atom. The Balaban J connectivity index is 0.00000420. The van der Waals surface area contributed by atoms with Gasteiger partial charge in [-0.3, -0.25) is 4.99 Å². The zero-order valence-electron chi connectivity index (χ0n) is 17.6. The number of halogens is 1. The number of aliphatic imine (C=N–C) groups is 1. The summed E-state index contributed by atoms with van der Waals surface area (Å²) in [5, 5.41) is 14.7. The summed E-state index contributed by atoms with van der Waals surface area (Å²) in [4.78, 5) is 4.64. The molecule has 0 aliphatic heterocycles. The van der Waals surface area contributed by atoms with Gasteiger partial charge in [-0.2, -0.15) is 0 Å². The third kappa shape index (κ3) is 10.6. The zero-order chi connectivity index (χ0) is 19.9. The van der Waals surface area contributed by atoms with Crippen molar-refractivity contribution in [3.8, 4) is 0 Å². The van der Waals surface area contributed by atoms with Crippen LogP contribution in [-0.2, 0) is 24.1 Å². The molecule has 1 aromatic carbocycles. The van der Waals surface area contributed by atoms with Crippen molar-refractivity contribution in [1.29, 1.82) is 0 Å². The van der Waals surface area contributed by atoms with Gasteiger partial charge in [0.2, 0.25) is 0 Å². The topological polar surface area (TPSA) is 76.4 Å². The third-order valence-corrected chi connectivity index (χ3v) is 4.35. The monoisotopic (exact) mass is 514 g/mol. The summed E-state index contributed by atoms with van der Waals surface area (Å²) >= 11 is 0. The second-order valence-corrected chi connectivity index (χ2v) is 6.54. The van der Waals surface area contributed by atoms with Gasteiger partial charge in [0.15, 0.2) is 5.96 Å². The van der Waals surface area contributed by atoms with Gasteiger partial charge in [0.05, 0.1) is 6.61 Å². The maximum Gasteiger partial charge on any atom is 0.191 e. The van der Waals surface area contributed by atoms with E-state index in [1.165, 1.54) is 5.56 Å². The number of guanidine groups is 1. The number of ether oxygens (including phenoxy) is 1. The molecule has 0 atom stereocenters. The van der Waals surface area contributed by atoms with Gasteiger partial charge < -0.3 is 19.9 Å². The Morgan fingerprint density at radius 1 is 1.10 bits per heavy atom. The van der Waals surface area contributed by atoms with Crippen LogP contribution in [-0.4, -0.2) is 53.6 Å². The van der Waals surface area contributed by atoms with E-state index in [0.29, 0.717) is 0 Å². The standard InChI is InChI=1S/C21H34N6O.HI/c1-3-20-26-25-18-27(20)15-14-24-21(22-4-2)23-13-8-9-16-28-17-12-19-10-6-5-7-11-19;/h5-7,10-11,18H,3-4,8-9,12-17H2,1-2H3,(H2,22,23,24);1H. The first-order valence-corrected chi connectivity index (χ1v) is 10.3. The van der Waals surface area contributed by atoms with Crippen molar-refractivity contribution in [3.05, 3.63) is 48.0 Å². The van der Waals surface area contributed by atoms with Crippen molar-refractivity contribution >= 4 is 29.9 Å². The van der Waals surface area contributed by atoms with Crippen molar-refractivity contribution in [2.75, 3.05) is 32.8 Å². The minimum absolute atomic E-state index is 0. The number of aryl methyl sites for hydroxylation is 1. The average Bonchev–Trinajstić information content (AvgIpc) is 3.18. The number of nitrogens with one attached hydrogen (secondary N) is 2. The van der Waals surface area contributed by atoms with Crippen molar-refractivity contribution < 1.29 is 4.74 Å². The number of unbranched alkanes of at least 4 members (excludes halogenated alkanes) is 1. The molecule has 8 heteroatoms. The molecule has 1 aromatic heterocycles. The first-order chi connectivity index (χ1) is 13.8. The Hall–Kier alpha value is -1.68. The van der Waals surface area contributed by atoms with E-state index >= 15 is 0 Å². The molecule has 2 aromatic rings. The summed E-state index contributed by atoms with van der Waals surface area (Å²) in [7, 11) is 0. The summed E-state index contributed by atoms with van der Waals surface area (Å²) < 4.78 is 7.80. The molecular formula is C21H35IN6O. The lowest BCUT2D eigenvalue weighted by atomic mass is 10.2. The van der Waals surface area contributed by atoms with Gasteiger partial charge in [0.1, 0.15) is 12.2 Å². The number of aromatic nitrogens is 3. The van der Waals surface area contributed by atoms with Crippen molar-refractivity contribution in [2.45, 2.75) is 46.1 Å². The van der Waals surface area contributed by atoms with Crippen molar-refractivity contribution in [2.24, 2.45) is 4.99 Å². The van der Waals surface area contributed by atoms with Gasteiger partial charge in [0.25, 0.3) is 0 Å². The normalized spacial score (nSPS) is 11.2. The van der Waals surface area contributed by atoms with E-state index in [-0.39, 0.29) is 24.0 Å². The van der Waals surface area contributed by atoms with E-state index in [2.05, 4.69) is 68.5 Å². The van der Waals surface area contributed by atoms with Gasteiger partial charge in [-0.1, -0.05) is 37.3 Å². The van der Waals surface area contributed by atoms with Crippen LogP contribution in [0.1, 0.15) is 38.1 Å². The molecule has 2 N–H and O–H groups in total. The first kappa shape index (κ1) is 25.4. The van der Waals surface area contributed by atoms with Crippen LogP contribution < -0.4 is 10.6 Å². The van der Waals surface area contributed by atoms with Crippen LogP contribution >= 0.6 is 24.0 Å². The zero-order valence-corrected chi connectivity index (χ0v) is 20.0. The van der Waals surface area contributed by atoms with Gasteiger partial charge in [0, 0.05) is 39.2 Å². The van der Waals surface area contributed by atoms with Crippen LogP contribution in [0.15, 0.2) is 41.7 Å². The number of hydrogen-bond acceptors (Lipinski definition) is 4. The van der Waals surface area contributed by atoms with Crippen LogP contribution in [0.2, 0.25) is 0 Å². The molecule has 0 saturated carbocycles. The number of hydrogen-bond donors (Lipinski definition) is 2. The highest BCUT2D eigenvalue weighted by molar-refractivity contribution is 14.0. The molecule has 0 amide bonds. The molecule has 0 spiro atoms. The molecule has 0 radical (unpaired) electrons. The van der Waals surface area contributed by atoms with E-state index in [4.69, 9.17) is 4.74 Å². The van der Waals surface area contributed by atoms with Gasteiger partial charge >= 0.3 is 0 Å². The molecule has 0 unspecified atom stereocenters. The number of nitrogens with zero attached hydrogens (tertiary/aromatic N) is 4. The summed E-state index contributed by atoms with van der Waals surface area (Å²) in [6.07, 6.45) is 5.69. The molecule has 1 heterocycles. The maximum atomic E-state index is 5.73. The van der Waals surface area contributed by atoms with Crippen LogP contribution in [0.3, 0.4) is 0 Å². The summed E-state index contributed by atoms with van der Waals surface area (Å²) in [6, 6.07) is 10.5. The Bertz CT molecular complexity index is 677.